The van der Waals surface area contributed by atoms with Crippen molar-refractivity contribution < 1.29 is 4.18 Å². The van der Waals surface area contributed by atoms with Crippen LogP contribution in [0.3, 0.4) is 0 Å². The third kappa shape index (κ3) is 0.960. The van der Waals surface area contributed by atoms with Gasteiger partial charge in [-0.2, -0.15) is 5.26 Å². The van der Waals surface area contributed by atoms with Crippen molar-refractivity contribution >= 4 is 12.9 Å². The Hall–Kier alpha value is -0.200. The molecule has 0 heterocycles. The van der Waals surface area contributed by atoms with E-state index in [0.717, 1.165) is 12.8 Å². The van der Waals surface area contributed by atoms with Gasteiger partial charge < -0.3 is 4.18 Å². The molecular weight excluding hydrogens is 122 g/mol. The molecule has 0 aromatic carbocycles. The van der Waals surface area contributed by atoms with Gasteiger partial charge in [-0.1, -0.05) is 0 Å². The maximum Gasteiger partial charge on any atom is 0.0820 e. The van der Waals surface area contributed by atoms with E-state index < -0.39 is 0 Å². The van der Waals surface area contributed by atoms with Crippen molar-refractivity contribution in [1.29, 1.82) is 5.26 Å². The molecule has 0 spiro atoms. The zero-order chi connectivity index (χ0) is 6.04. The van der Waals surface area contributed by atoms with Gasteiger partial charge in [0, 0.05) is 0 Å². The van der Waals surface area contributed by atoms with Crippen LogP contribution in [-0.4, -0.2) is 6.61 Å². The maximum atomic E-state index is 8.42. The van der Waals surface area contributed by atoms with Crippen molar-refractivity contribution in [3.63, 3.8) is 0 Å². The summed E-state index contributed by atoms with van der Waals surface area (Å²) in [7, 11) is 0. The molecule has 0 radical (unpaired) electrons. The molecule has 1 rings (SSSR count). The van der Waals surface area contributed by atoms with Crippen LogP contribution in [0.2, 0.25) is 0 Å². The Morgan fingerprint density at radius 2 is 2.38 bits per heavy atom. The Kier molecular flexibility index (Phi) is 1.45. The summed E-state index contributed by atoms with van der Waals surface area (Å²) < 4.78 is 4.53. The first-order chi connectivity index (χ1) is 3.83. The quantitative estimate of drug-likeness (QED) is 0.448. The SMILES string of the molecule is N#CC1(COS)CC1. The van der Waals surface area contributed by atoms with E-state index in [1.807, 2.05) is 0 Å². The standard InChI is InChI=1S/C5H7NOS/c6-3-5(1-2-5)4-7-8/h8H,1-2,4H2. The van der Waals surface area contributed by atoms with Gasteiger partial charge >= 0.3 is 0 Å². The number of rotatable bonds is 2. The van der Waals surface area contributed by atoms with Crippen LogP contribution in [0, 0.1) is 16.7 Å². The van der Waals surface area contributed by atoms with Crippen LogP contribution >= 0.6 is 12.9 Å². The highest BCUT2D eigenvalue weighted by Crippen LogP contribution is 2.45. The number of hydrogen-bond donors (Lipinski definition) is 1. The number of hydrogen-bond acceptors (Lipinski definition) is 3. The van der Waals surface area contributed by atoms with E-state index in [2.05, 4.69) is 23.2 Å². The molecular formula is C5H7NOS. The summed E-state index contributed by atoms with van der Waals surface area (Å²) >= 11 is 3.56. The predicted octanol–water partition coefficient (Wildman–Crippen LogP) is 1.15. The normalized spacial score (nSPS) is 22.0. The Bertz CT molecular complexity index is 125. The van der Waals surface area contributed by atoms with Crippen LogP contribution in [0.1, 0.15) is 12.8 Å². The van der Waals surface area contributed by atoms with Gasteiger partial charge in [0.05, 0.1) is 18.1 Å². The molecule has 0 saturated heterocycles. The summed E-state index contributed by atoms with van der Waals surface area (Å²) in [4.78, 5) is 0. The summed E-state index contributed by atoms with van der Waals surface area (Å²) in [5.41, 5.74) is -0.151. The van der Waals surface area contributed by atoms with Gasteiger partial charge in [-0.25, -0.2) is 0 Å². The van der Waals surface area contributed by atoms with Crippen LogP contribution in [0.5, 0.6) is 0 Å². The first-order valence-corrected chi connectivity index (χ1v) is 2.87. The highest BCUT2D eigenvalue weighted by Gasteiger charge is 2.43. The summed E-state index contributed by atoms with van der Waals surface area (Å²) in [6, 6.07) is 2.18. The maximum absolute atomic E-state index is 8.42. The molecule has 8 heavy (non-hydrogen) atoms. The topological polar surface area (TPSA) is 33.0 Å². The van der Waals surface area contributed by atoms with E-state index in [-0.39, 0.29) is 5.41 Å². The molecule has 44 valence electrons. The first kappa shape index (κ1) is 5.93. The monoisotopic (exact) mass is 129 g/mol. The van der Waals surface area contributed by atoms with E-state index in [0.29, 0.717) is 6.61 Å². The molecule has 0 bridgehead atoms. The van der Waals surface area contributed by atoms with E-state index in [1.165, 1.54) is 0 Å². The molecule has 0 aromatic heterocycles. The van der Waals surface area contributed by atoms with Gasteiger partial charge in [0.2, 0.25) is 0 Å². The second-order valence-corrected chi connectivity index (χ2v) is 2.42. The first-order valence-electron chi connectivity index (χ1n) is 2.51. The van der Waals surface area contributed by atoms with Crippen molar-refractivity contribution in [1.82, 2.24) is 0 Å². The highest BCUT2D eigenvalue weighted by molar-refractivity contribution is 7.75. The second-order valence-electron chi connectivity index (χ2n) is 2.17. The molecule has 0 aliphatic heterocycles. The summed E-state index contributed by atoms with van der Waals surface area (Å²) in [5, 5.41) is 8.42. The van der Waals surface area contributed by atoms with E-state index in [1.54, 1.807) is 0 Å². The van der Waals surface area contributed by atoms with Crippen molar-refractivity contribution in [2.24, 2.45) is 5.41 Å². The van der Waals surface area contributed by atoms with Gasteiger partial charge in [0.25, 0.3) is 0 Å². The summed E-state index contributed by atoms with van der Waals surface area (Å²) in [6.07, 6.45) is 1.95. The number of nitrogens with zero attached hydrogens (tertiary/aromatic N) is 1. The lowest BCUT2D eigenvalue weighted by atomic mass is 10.2. The van der Waals surface area contributed by atoms with Crippen molar-refractivity contribution in [3.05, 3.63) is 0 Å². The van der Waals surface area contributed by atoms with E-state index >= 15 is 0 Å². The summed E-state index contributed by atoms with van der Waals surface area (Å²) in [6.45, 7) is 0.479. The molecule has 0 atom stereocenters. The fourth-order valence-electron chi connectivity index (χ4n) is 0.563. The molecule has 1 fully saturated rings. The lowest BCUT2D eigenvalue weighted by molar-refractivity contribution is 0.319. The lowest BCUT2D eigenvalue weighted by Crippen LogP contribution is -2.02. The van der Waals surface area contributed by atoms with Crippen LogP contribution in [0.15, 0.2) is 0 Å². The Morgan fingerprint density at radius 1 is 1.75 bits per heavy atom. The Balaban J connectivity index is 2.33. The fourth-order valence-corrected chi connectivity index (χ4v) is 0.810. The van der Waals surface area contributed by atoms with Gasteiger partial charge in [-0.05, 0) is 25.8 Å². The smallest absolute Gasteiger partial charge is 0.0820 e. The van der Waals surface area contributed by atoms with Crippen LogP contribution < -0.4 is 0 Å². The molecule has 1 saturated carbocycles. The van der Waals surface area contributed by atoms with Crippen LogP contribution in [0.25, 0.3) is 0 Å². The second kappa shape index (κ2) is 1.96. The number of thiol groups is 1. The van der Waals surface area contributed by atoms with Gasteiger partial charge in [0.1, 0.15) is 0 Å². The molecule has 0 amide bonds. The minimum absolute atomic E-state index is 0.151. The van der Waals surface area contributed by atoms with Gasteiger partial charge in [-0.3, -0.25) is 0 Å². The Labute approximate surface area is 54.1 Å². The molecule has 0 N–H and O–H groups in total. The predicted molar refractivity (Wildman–Crippen MR) is 32.2 cm³/mol. The molecule has 2 nitrogen and oxygen atoms in total. The van der Waals surface area contributed by atoms with Gasteiger partial charge in [-0.15, -0.1) is 0 Å². The Morgan fingerprint density at radius 3 is 2.50 bits per heavy atom. The average Bonchev–Trinajstić information content (AvgIpc) is 2.50. The van der Waals surface area contributed by atoms with E-state index in [4.69, 9.17) is 5.26 Å². The number of nitriles is 1. The van der Waals surface area contributed by atoms with Crippen molar-refractivity contribution in [2.45, 2.75) is 12.8 Å². The molecule has 1 aliphatic carbocycles. The minimum Gasteiger partial charge on any atom is -0.317 e. The zero-order valence-electron chi connectivity index (χ0n) is 4.42. The molecule has 1 aliphatic rings. The average molecular weight is 129 g/mol. The molecule has 0 unspecified atom stereocenters. The van der Waals surface area contributed by atoms with E-state index in [9.17, 15) is 0 Å². The molecule has 3 heteroatoms. The zero-order valence-corrected chi connectivity index (χ0v) is 5.32. The largest absolute Gasteiger partial charge is 0.317 e. The van der Waals surface area contributed by atoms with Crippen molar-refractivity contribution in [2.75, 3.05) is 6.61 Å². The van der Waals surface area contributed by atoms with Crippen LogP contribution in [0.4, 0.5) is 0 Å². The lowest BCUT2D eigenvalue weighted by Gasteiger charge is -1.98. The fraction of sp³-hybridized carbons (Fsp3) is 0.800. The van der Waals surface area contributed by atoms with Crippen molar-refractivity contribution in [3.8, 4) is 6.07 Å². The highest BCUT2D eigenvalue weighted by atomic mass is 32.1. The van der Waals surface area contributed by atoms with Crippen LogP contribution in [-0.2, 0) is 4.18 Å². The third-order valence-corrected chi connectivity index (χ3v) is 1.56. The third-order valence-electron chi connectivity index (χ3n) is 1.43. The minimum atomic E-state index is -0.151. The summed E-state index contributed by atoms with van der Waals surface area (Å²) in [5.74, 6) is 0. The van der Waals surface area contributed by atoms with Gasteiger partial charge in [0.15, 0.2) is 0 Å². The molecule has 0 aromatic rings.